The summed E-state index contributed by atoms with van der Waals surface area (Å²) in [5.74, 6) is 0.00729. The number of halogens is 3. The number of benzene rings is 1. The number of carbonyl (C=O) groups excluding carboxylic acids is 1. The molecule has 118 valence electrons. The molecule has 0 bridgehead atoms. The first kappa shape index (κ1) is 16.1. The zero-order valence-corrected chi connectivity index (χ0v) is 11.9. The fraction of sp³-hybridized carbons (Fsp3) is 0.267. The summed E-state index contributed by atoms with van der Waals surface area (Å²) in [6, 6.07) is 6.66. The minimum absolute atomic E-state index is 0.0355. The number of nitrogens with two attached hydrogens (primary N) is 1. The molecule has 1 heterocycles. The van der Waals surface area contributed by atoms with E-state index >= 15 is 0 Å². The molecule has 2 aromatic rings. The highest BCUT2D eigenvalue weighted by molar-refractivity contribution is 5.93. The van der Waals surface area contributed by atoms with Crippen molar-refractivity contribution in [1.29, 1.82) is 0 Å². The lowest BCUT2D eigenvalue weighted by atomic mass is 10.1. The lowest BCUT2D eigenvalue weighted by Gasteiger charge is -2.19. The number of carbonyl (C=O) groups is 1. The SMILES string of the molecule is CN(Cc1ccccc1C(F)(F)F)C(=O)c1coc(CN)c1. The molecule has 2 rings (SSSR count). The monoisotopic (exact) mass is 312 g/mol. The molecule has 0 atom stereocenters. The van der Waals surface area contributed by atoms with Crippen molar-refractivity contribution in [2.75, 3.05) is 7.05 Å². The molecule has 0 unspecified atom stereocenters. The summed E-state index contributed by atoms with van der Waals surface area (Å²) >= 11 is 0. The van der Waals surface area contributed by atoms with Crippen LogP contribution in [0, 0.1) is 0 Å². The van der Waals surface area contributed by atoms with Gasteiger partial charge in [0.2, 0.25) is 0 Å². The van der Waals surface area contributed by atoms with Crippen LogP contribution >= 0.6 is 0 Å². The molecule has 22 heavy (non-hydrogen) atoms. The quantitative estimate of drug-likeness (QED) is 0.944. The van der Waals surface area contributed by atoms with E-state index in [4.69, 9.17) is 10.2 Å². The number of alkyl halides is 3. The van der Waals surface area contributed by atoms with Gasteiger partial charge in [-0.05, 0) is 17.7 Å². The summed E-state index contributed by atoms with van der Waals surface area (Å²) < 4.78 is 43.9. The number of amides is 1. The minimum atomic E-state index is -4.46. The number of rotatable bonds is 4. The van der Waals surface area contributed by atoms with Crippen LogP contribution in [0.4, 0.5) is 13.2 Å². The highest BCUT2D eigenvalue weighted by Gasteiger charge is 2.33. The van der Waals surface area contributed by atoms with Gasteiger partial charge in [-0.2, -0.15) is 13.2 Å². The lowest BCUT2D eigenvalue weighted by molar-refractivity contribution is -0.138. The van der Waals surface area contributed by atoms with Crippen molar-refractivity contribution < 1.29 is 22.4 Å². The maximum atomic E-state index is 12.9. The molecule has 0 fully saturated rings. The molecular formula is C15H15F3N2O2. The van der Waals surface area contributed by atoms with Crippen molar-refractivity contribution in [2.24, 2.45) is 5.73 Å². The molecule has 0 spiro atoms. The van der Waals surface area contributed by atoms with Gasteiger partial charge >= 0.3 is 6.18 Å². The Labute approximate surface area is 125 Å². The maximum Gasteiger partial charge on any atom is 0.416 e. The Bertz CT molecular complexity index is 665. The second-order valence-corrected chi connectivity index (χ2v) is 4.82. The average Bonchev–Trinajstić information content (AvgIpc) is 2.94. The largest absolute Gasteiger partial charge is 0.467 e. The summed E-state index contributed by atoms with van der Waals surface area (Å²) in [7, 11) is 1.44. The molecule has 0 aliphatic carbocycles. The maximum absolute atomic E-state index is 12.9. The Balaban J connectivity index is 2.18. The fourth-order valence-corrected chi connectivity index (χ4v) is 2.08. The van der Waals surface area contributed by atoms with Gasteiger partial charge in [0.05, 0.1) is 17.7 Å². The van der Waals surface area contributed by atoms with Gasteiger partial charge in [0, 0.05) is 13.6 Å². The Morgan fingerprint density at radius 1 is 1.32 bits per heavy atom. The summed E-state index contributed by atoms with van der Waals surface area (Å²) in [5.41, 5.74) is 4.93. The number of furan rings is 1. The summed E-state index contributed by atoms with van der Waals surface area (Å²) in [4.78, 5) is 13.4. The topological polar surface area (TPSA) is 59.5 Å². The van der Waals surface area contributed by atoms with Crippen LogP contribution in [0.25, 0.3) is 0 Å². The van der Waals surface area contributed by atoms with Crippen molar-refractivity contribution in [3.05, 3.63) is 59.0 Å². The second-order valence-electron chi connectivity index (χ2n) is 4.82. The van der Waals surface area contributed by atoms with E-state index in [1.54, 1.807) is 0 Å². The smallest absolute Gasteiger partial charge is 0.416 e. The molecule has 0 aliphatic heterocycles. The highest BCUT2D eigenvalue weighted by atomic mass is 19.4. The highest BCUT2D eigenvalue weighted by Crippen LogP contribution is 2.32. The van der Waals surface area contributed by atoms with Crippen LogP contribution in [-0.4, -0.2) is 17.9 Å². The van der Waals surface area contributed by atoms with Crippen LogP contribution in [0.1, 0.15) is 27.2 Å². The first-order valence-corrected chi connectivity index (χ1v) is 6.51. The van der Waals surface area contributed by atoms with E-state index in [1.165, 1.54) is 42.5 Å². The predicted molar refractivity (Wildman–Crippen MR) is 73.8 cm³/mol. The van der Waals surface area contributed by atoms with Gasteiger partial charge in [0.25, 0.3) is 5.91 Å². The summed E-state index contributed by atoms with van der Waals surface area (Å²) in [6.07, 6.45) is -3.21. The number of nitrogens with zero attached hydrogens (tertiary/aromatic N) is 1. The van der Waals surface area contributed by atoms with E-state index < -0.39 is 17.6 Å². The molecule has 1 amide bonds. The standard InChI is InChI=1S/C15H15F3N2O2/c1-20(14(21)11-6-12(7-19)22-9-11)8-10-4-2-3-5-13(10)15(16,17)18/h2-6,9H,7-8,19H2,1H3. The molecule has 4 nitrogen and oxygen atoms in total. The van der Waals surface area contributed by atoms with Crippen LogP contribution in [-0.2, 0) is 19.3 Å². The second kappa shape index (κ2) is 6.23. The first-order chi connectivity index (χ1) is 10.3. The Hall–Kier alpha value is -2.28. The van der Waals surface area contributed by atoms with Gasteiger partial charge in [-0.1, -0.05) is 18.2 Å². The van der Waals surface area contributed by atoms with E-state index in [0.29, 0.717) is 5.76 Å². The predicted octanol–water partition coefficient (Wildman–Crippen LogP) is 3.03. The van der Waals surface area contributed by atoms with Crippen LogP contribution < -0.4 is 5.73 Å². The van der Waals surface area contributed by atoms with Gasteiger partial charge in [-0.3, -0.25) is 4.79 Å². The van der Waals surface area contributed by atoms with E-state index in [2.05, 4.69) is 0 Å². The molecule has 0 saturated carbocycles. The number of hydrogen-bond acceptors (Lipinski definition) is 3. The number of hydrogen-bond donors (Lipinski definition) is 1. The summed E-state index contributed by atoms with van der Waals surface area (Å²) in [6.45, 7) is -0.00838. The van der Waals surface area contributed by atoms with Crippen LogP contribution in [0.5, 0.6) is 0 Å². The fourth-order valence-electron chi connectivity index (χ4n) is 2.08. The third-order valence-corrected chi connectivity index (χ3v) is 3.18. The molecule has 7 heteroatoms. The molecule has 1 aromatic carbocycles. The summed E-state index contributed by atoms with van der Waals surface area (Å²) in [5, 5.41) is 0. The van der Waals surface area contributed by atoms with E-state index in [0.717, 1.165) is 6.07 Å². The zero-order valence-electron chi connectivity index (χ0n) is 11.9. The third-order valence-electron chi connectivity index (χ3n) is 3.18. The molecule has 2 N–H and O–H groups in total. The van der Waals surface area contributed by atoms with Crippen molar-refractivity contribution in [3.8, 4) is 0 Å². The van der Waals surface area contributed by atoms with Crippen molar-refractivity contribution in [1.82, 2.24) is 4.90 Å². The Kier molecular flexibility index (Phi) is 4.56. The van der Waals surface area contributed by atoms with Gasteiger partial charge in [-0.25, -0.2) is 0 Å². The van der Waals surface area contributed by atoms with Crippen molar-refractivity contribution >= 4 is 5.91 Å². The third kappa shape index (κ3) is 3.48. The first-order valence-electron chi connectivity index (χ1n) is 6.51. The van der Waals surface area contributed by atoms with Crippen molar-refractivity contribution in [3.63, 3.8) is 0 Å². The van der Waals surface area contributed by atoms with Gasteiger partial charge in [-0.15, -0.1) is 0 Å². The van der Waals surface area contributed by atoms with Gasteiger partial charge in [0.1, 0.15) is 12.0 Å². The van der Waals surface area contributed by atoms with Crippen LogP contribution in [0.3, 0.4) is 0 Å². The van der Waals surface area contributed by atoms with Crippen molar-refractivity contribution in [2.45, 2.75) is 19.3 Å². The average molecular weight is 312 g/mol. The minimum Gasteiger partial charge on any atom is -0.467 e. The van der Waals surface area contributed by atoms with E-state index in [-0.39, 0.29) is 24.2 Å². The molecular weight excluding hydrogens is 297 g/mol. The molecule has 0 saturated heterocycles. The molecule has 0 radical (unpaired) electrons. The van der Waals surface area contributed by atoms with Gasteiger partial charge < -0.3 is 15.1 Å². The van der Waals surface area contributed by atoms with Crippen LogP contribution in [0.2, 0.25) is 0 Å². The Morgan fingerprint density at radius 3 is 2.59 bits per heavy atom. The lowest BCUT2D eigenvalue weighted by Crippen LogP contribution is -2.27. The van der Waals surface area contributed by atoms with Crippen LogP contribution in [0.15, 0.2) is 41.0 Å². The van der Waals surface area contributed by atoms with Gasteiger partial charge in [0.15, 0.2) is 0 Å². The molecule has 0 aliphatic rings. The van der Waals surface area contributed by atoms with E-state index in [9.17, 15) is 18.0 Å². The van der Waals surface area contributed by atoms with E-state index in [1.807, 2.05) is 0 Å². The molecule has 1 aromatic heterocycles. The normalized spacial score (nSPS) is 11.5. The zero-order chi connectivity index (χ0) is 16.3. The Morgan fingerprint density at radius 2 is 2.00 bits per heavy atom.